The molecular formula is C26H36N2O2. The van der Waals surface area contributed by atoms with E-state index < -0.39 is 0 Å². The lowest BCUT2D eigenvalue weighted by Crippen LogP contribution is -2.44. The molecule has 0 aliphatic carbocycles. The second kappa shape index (κ2) is 11.2. The number of hydrogen-bond donors (Lipinski definition) is 1. The van der Waals surface area contributed by atoms with Crippen molar-refractivity contribution in [1.82, 2.24) is 10.2 Å². The van der Waals surface area contributed by atoms with Crippen molar-refractivity contribution in [3.8, 4) is 5.75 Å². The number of amides is 1. The van der Waals surface area contributed by atoms with E-state index in [1.807, 2.05) is 0 Å². The van der Waals surface area contributed by atoms with Gasteiger partial charge in [0.05, 0.1) is 6.61 Å². The number of aryl methyl sites for hydroxylation is 1. The number of hydrogen-bond acceptors (Lipinski definition) is 3. The van der Waals surface area contributed by atoms with Gasteiger partial charge < -0.3 is 10.1 Å². The molecule has 0 spiro atoms. The van der Waals surface area contributed by atoms with Gasteiger partial charge >= 0.3 is 0 Å². The van der Waals surface area contributed by atoms with Crippen molar-refractivity contribution in [1.29, 1.82) is 0 Å². The summed E-state index contributed by atoms with van der Waals surface area (Å²) in [7, 11) is 0. The van der Waals surface area contributed by atoms with E-state index in [-0.39, 0.29) is 5.91 Å². The summed E-state index contributed by atoms with van der Waals surface area (Å²) in [5.74, 6) is 1.57. The zero-order valence-corrected chi connectivity index (χ0v) is 18.7. The van der Waals surface area contributed by atoms with Gasteiger partial charge in [0, 0.05) is 32.1 Å². The van der Waals surface area contributed by atoms with Crippen molar-refractivity contribution in [3.63, 3.8) is 0 Å². The highest BCUT2D eigenvalue weighted by Gasteiger charge is 2.20. The Kier molecular flexibility index (Phi) is 8.32. The molecule has 0 bridgehead atoms. The fourth-order valence-corrected chi connectivity index (χ4v) is 3.92. The maximum absolute atomic E-state index is 12.3. The molecule has 0 radical (unpaired) electrons. The van der Waals surface area contributed by atoms with E-state index in [9.17, 15) is 4.79 Å². The molecule has 1 fully saturated rings. The Hall–Kier alpha value is -2.33. The number of likely N-dealkylation sites (tertiary alicyclic amines) is 1. The fraction of sp³-hybridized carbons (Fsp3) is 0.500. The normalized spacial score (nSPS) is 15.3. The van der Waals surface area contributed by atoms with Crippen LogP contribution in [0.2, 0.25) is 0 Å². The summed E-state index contributed by atoms with van der Waals surface area (Å²) in [6.07, 6.45) is 3.31. The van der Waals surface area contributed by atoms with Crippen LogP contribution in [0, 0.1) is 6.92 Å². The van der Waals surface area contributed by atoms with E-state index in [1.54, 1.807) is 0 Å². The SMILES string of the molecule is Cc1ccc(C(C)C)cc1OCCCC(=O)NC1CCN(Cc2ccccc2)CC1. The van der Waals surface area contributed by atoms with Crippen LogP contribution in [0.4, 0.5) is 0 Å². The summed E-state index contributed by atoms with van der Waals surface area (Å²) in [5.41, 5.74) is 3.78. The Morgan fingerprint density at radius 3 is 2.57 bits per heavy atom. The van der Waals surface area contributed by atoms with Gasteiger partial charge in [-0.25, -0.2) is 0 Å². The van der Waals surface area contributed by atoms with E-state index in [4.69, 9.17) is 4.74 Å². The maximum atomic E-state index is 12.3. The van der Waals surface area contributed by atoms with Crippen molar-refractivity contribution in [2.45, 2.75) is 65.0 Å². The van der Waals surface area contributed by atoms with E-state index in [1.165, 1.54) is 11.1 Å². The van der Waals surface area contributed by atoms with Gasteiger partial charge in [0.25, 0.3) is 0 Å². The van der Waals surface area contributed by atoms with Crippen molar-refractivity contribution in [2.24, 2.45) is 0 Å². The molecule has 0 saturated carbocycles. The molecule has 4 heteroatoms. The number of benzene rings is 2. The number of ether oxygens (including phenoxy) is 1. The number of piperidine rings is 1. The summed E-state index contributed by atoms with van der Waals surface area (Å²) in [5, 5.41) is 3.22. The Morgan fingerprint density at radius 2 is 1.87 bits per heavy atom. The first-order valence-corrected chi connectivity index (χ1v) is 11.3. The Balaban J connectivity index is 1.32. The van der Waals surface area contributed by atoms with Crippen molar-refractivity contribution in [3.05, 3.63) is 65.2 Å². The van der Waals surface area contributed by atoms with E-state index in [2.05, 4.69) is 79.5 Å². The molecule has 1 N–H and O–H groups in total. The van der Waals surface area contributed by atoms with Gasteiger partial charge in [-0.05, 0) is 54.9 Å². The van der Waals surface area contributed by atoms with Crippen LogP contribution in [-0.4, -0.2) is 36.5 Å². The maximum Gasteiger partial charge on any atom is 0.220 e. The van der Waals surface area contributed by atoms with Gasteiger partial charge in [0.15, 0.2) is 0 Å². The minimum atomic E-state index is 0.146. The topological polar surface area (TPSA) is 41.6 Å². The minimum absolute atomic E-state index is 0.146. The standard InChI is InChI=1S/C26H36N2O2/c1-20(2)23-12-11-21(3)25(18-23)30-17-7-10-26(29)27-24-13-15-28(16-14-24)19-22-8-5-4-6-9-22/h4-6,8-9,11-12,18,20,24H,7,10,13-17,19H2,1-3H3,(H,27,29). The van der Waals surface area contributed by atoms with Crippen LogP contribution in [0.5, 0.6) is 5.75 Å². The van der Waals surface area contributed by atoms with Crippen LogP contribution in [0.1, 0.15) is 62.1 Å². The predicted molar refractivity (Wildman–Crippen MR) is 123 cm³/mol. The minimum Gasteiger partial charge on any atom is -0.493 e. The second-order valence-electron chi connectivity index (χ2n) is 8.74. The number of carbonyl (C=O) groups is 1. The first-order chi connectivity index (χ1) is 14.5. The van der Waals surface area contributed by atoms with Gasteiger partial charge in [-0.1, -0.05) is 56.3 Å². The van der Waals surface area contributed by atoms with Crippen LogP contribution < -0.4 is 10.1 Å². The molecule has 162 valence electrons. The molecule has 1 heterocycles. The Bertz CT molecular complexity index is 796. The van der Waals surface area contributed by atoms with Crippen LogP contribution in [0.15, 0.2) is 48.5 Å². The molecule has 2 aromatic carbocycles. The molecule has 0 atom stereocenters. The quantitative estimate of drug-likeness (QED) is 0.590. The Morgan fingerprint density at radius 1 is 1.13 bits per heavy atom. The summed E-state index contributed by atoms with van der Waals surface area (Å²) in [6, 6.07) is 17.3. The highest BCUT2D eigenvalue weighted by Crippen LogP contribution is 2.24. The summed E-state index contributed by atoms with van der Waals surface area (Å²) >= 11 is 0. The average Bonchev–Trinajstić information content (AvgIpc) is 2.74. The largest absolute Gasteiger partial charge is 0.493 e. The average molecular weight is 409 g/mol. The molecule has 4 nitrogen and oxygen atoms in total. The molecule has 30 heavy (non-hydrogen) atoms. The van der Waals surface area contributed by atoms with Gasteiger partial charge in [-0.3, -0.25) is 9.69 Å². The van der Waals surface area contributed by atoms with Crippen molar-refractivity contribution in [2.75, 3.05) is 19.7 Å². The molecule has 3 rings (SSSR count). The van der Waals surface area contributed by atoms with E-state index in [0.29, 0.717) is 25.0 Å². The van der Waals surface area contributed by atoms with Gasteiger partial charge in [0.1, 0.15) is 5.75 Å². The highest BCUT2D eigenvalue weighted by molar-refractivity contribution is 5.76. The van der Waals surface area contributed by atoms with Crippen LogP contribution >= 0.6 is 0 Å². The molecule has 1 amide bonds. The number of rotatable bonds is 9. The number of carbonyl (C=O) groups excluding carboxylic acids is 1. The third kappa shape index (κ3) is 6.88. The highest BCUT2D eigenvalue weighted by atomic mass is 16.5. The molecule has 1 aliphatic rings. The zero-order valence-electron chi connectivity index (χ0n) is 18.7. The van der Waals surface area contributed by atoms with Crippen molar-refractivity contribution >= 4 is 5.91 Å². The fourth-order valence-electron chi connectivity index (χ4n) is 3.92. The van der Waals surface area contributed by atoms with Crippen LogP contribution in [0.3, 0.4) is 0 Å². The van der Waals surface area contributed by atoms with Crippen LogP contribution in [-0.2, 0) is 11.3 Å². The van der Waals surface area contributed by atoms with E-state index >= 15 is 0 Å². The van der Waals surface area contributed by atoms with Gasteiger partial charge in [0.2, 0.25) is 5.91 Å². The molecule has 0 unspecified atom stereocenters. The lowest BCUT2D eigenvalue weighted by atomic mass is 10.0. The first kappa shape index (κ1) is 22.4. The van der Waals surface area contributed by atoms with Crippen molar-refractivity contribution < 1.29 is 9.53 Å². The summed E-state index contributed by atoms with van der Waals surface area (Å²) in [4.78, 5) is 14.8. The van der Waals surface area contributed by atoms with Gasteiger partial charge in [-0.2, -0.15) is 0 Å². The smallest absolute Gasteiger partial charge is 0.220 e. The monoisotopic (exact) mass is 408 g/mol. The zero-order chi connectivity index (χ0) is 21.3. The Labute approximate surface area is 181 Å². The molecule has 1 saturated heterocycles. The van der Waals surface area contributed by atoms with Gasteiger partial charge in [-0.15, -0.1) is 0 Å². The molecule has 0 aromatic heterocycles. The summed E-state index contributed by atoms with van der Waals surface area (Å²) in [6.45, 7) is 10.1. The van der Waals surface area contributed by atoms with Crippen LogP contribution in [0.25, 0.3) is 0 Å². The molecule has 2 aromatic rings. The predicted octanol–water partition coefficient (Wildman–Crippen LogP) is 5.06. The summed E-state index contributed by atoms with van der Waals surface area (Å²) < 4.78 is 5.95. The first-order valence-electron chi connectivity index (χ1n) is 11.3. The second-order valence-corrected chi connectivity index (χ2v) is 8.74. The number of nitrogens with one attached hydrogen (secondary N) is 1. The number of nitrogens with zero attached hydrogens (tertiary/aromatic N) is 1. The lowest BCUT2D eigenvalue weighted by Gasteiger charge is -2.32. The lowest BCUT2D eigenvalue weighted by molar-refractivity contribution is -0.122. The third-order valence-electron chi connectivity index (χ3n) is 5.89. The molecular weight excluding hydrogens is 372 g/mol. The molecule has 1 aliphatic heterocycles. The third-order valence-corrected chi connectivity index (χ3v) is 5.89. The van der Waals surface area contributed by atoms with E-state index in [0.717, 1.165) is 50.2 Å².